The largest absolute Gasteiger partial charge is 0.506 e. The fourth-order valence-corrected chi connectivity index (χ4v) is 2.18. The SMILES string of the molecule is Cc1ccc(O)c(CNCC(C)(O)c2ccc(F)cc2F)n1. The molecule has 6 heteroatoms. The number of hydrogen-bond acceptors (Lipinski definition) is 4. The first-order chi connectivity index (χ1) is 10.3. The van der Waals surface area contributed by atoms with Gasteiger partial charge in [0.25, 0.3) is 0 Å². The summed E-state index contributed by atoms with van der Waals surface area (Å²) in [5, 5.41) is 23.0. The normalized spacial score (nSPS) is 13.9. The van der Waals surface area contributed by atoms with Gasteiger partial charge >= 0.3 is 0 Å². The molecule has 1 aromatic carbocycles. The Balaban J connectivity index is 2.05. The Morgan fingerprint density at radius 1 is 1.23 bits per heavy atom. The van der Waals surface area contributed by atoms with Gasteiger partial charge in [0.15, 0.2) is 0 Å². The molecule has 1 heterocycles. The number of hydrogen-bond donors (Lipinski definition) is 3. The van der Waals surface area contributed by atoms with E-state index in [0.717, 1.165) is 17.8 Å². The summed E-state index contributed by atoms with van der Waals surface area (Å²) in [7, 11) is 0. The Bertz CT molecular complexity index is 675. The summed E-state index contributed by atoms with van der Waals surface area (Å²) in [6.07, 6.45) is 0. The first kappa shape index (κ1) is 16.3. The number of aromatic nitrogens is 1. The maximum absolute atomic E-state index is 13.7. The highest BCUT2D eigenvalue weighted by molar-refractivity contribution is 5.28. The Morgan fingerprint density at radius 2 is 1.95 bits per heavy atom. The first-order valence-electron chi connectivity index (χ1n) is 6.84. The first-order valence-corrected chi connectivity index (χ1v) is 6.84. The molecule has 118 valence electrons. The predicted octanol–water partition coefficient (Wildman–Crippen LogP) is 2.37. The molecule has 0 radical (unpaired) electrons. The van der Waals surface area contributed by atoms with Gasteiger partial charge in [-0.15, -0.1) is 0 Å². The van der Waals surface area contributed by atoms with Gasteiger partial charge in [0.05, 0.1) is 5.69 Å². The third-order valence-corrected chi connectivity index (χ3v) is 3.36. The summed E-state index contributed by atoms with van der Waals surface area (Å²) in [5.74, 6) is -1.45. The molecule has 1 unspecified atom stereocenters. The van der Waals surface area contributed by atoms with Crippen molar-refractivity contribution in [3.8, 4) is 5.75 Å². The maximum Gasteiger partial charge on any atom is 0.138 e. The van der Waals surface area contributed by atoms with E-state index in [2.05, 4.69) is 10.3 Å². The molecular formula is C16H18F2N2O2. The summed E-state index contributed by atoms with van der Waals surface area (Å²) in [4.78, 5) is 4.18. The highest BCUT2D eigenvalue weighted by atomic mass is 19.1. The van der Waals surface area contributed by atoms with E-state index in [1.165, 1.54) is 19.1 Å². The van der Waals surface area contributed by atoms with E-state index in [1.54, 1.807) is 13.0 Å². The summed E-state index contributed by atoms with van der Waals surface area (Å²) < 4.78 is 26.7. The fourth-order valence-electron chi connectivity index (χ4n) is 2.18. The van der Waals surface area contributed by atoms with Crippen LogP contribution in [0.2, 0.25) is 0 Å². The minimum absolute atomic E-state index is 0.00261. The van der Waals surface area contributed by atoms with E-state index in [4.69, 9.17) is 0 Å². The van der Waals surface area contributed by atoms with Gasteiger partial charge in [-0.3, -0.25) is 4.98 Å². The van der Waals surface area contributed by atoms with E-state index in [1.807, 2.05) is 0 Å². The lowest BCUT2D eigenvalue weighted by atomic mass is 9.95. The Labute approximate surface area is 127 Å². The second kappa shape index (κ2) is 6.37. The molecule has 0 fully saturated rings. The molecule has 2 rings (SSSR count). The van der Waals surface area contributed by atoms with Crippen LogP contribution in [0.1, 0.15) is 23.9 Å². The average molecular weight is 308 g/mol. The van der Waals surface area contributed by atoms with Gasteiger partial charge in [-0.05, 0) is 32.0 Å². The van der Waals surface area contributed by atoms with Crippen LogP contribution in [-0.4, -0.2) is 21.7 Å². The lowest BCUT2D eigenvalue weighted by Gasteiger charge is -2.25. The summed E-state index contributed by atoms with van der Waals surface area (Å²) in [5.41, 5.74) is -0.318. The van der Waals surface area contributed by atoms with Crippen molar-refractivity contribution in [1.82, 2.24) is 10.3 Å². The van der Waals surface area contributed by atoms with Crippen molar-refractivity contribution >= 4 is 0 Å². The molecule has 0 aliphatic heterocycles. The second-order valence-electron chi connectivity index (χ2n) is 5.42. The van der Waals surface area contributed by atoms with Crippen molar-refractivity contribution in [2.24, 2.45) is 0 Å². The van der Waals surface area contributed by atoms with Crippen LogP contribution in [0, 0.1) is 18.6 Å². The Morgan fingerprint density at radius 3 is 2.64 bits per heavy atom. The molecule has 4 nitrogen and oxygen atoms in total. The van der Waals surface area contributed by atoms with Crippen molar-refractivity contribution < 1.29 is 19.0 Å². The molecule has 1 aromatic heterocycles. The number of aromatic hydroxyl groups is 1. The molecule has 0 aliphatic carbocycles. The molecule has 0 bridgehead atoms. The molecule has 0 saturated carbocycles. The van der Waals surface area contributed by atoms with Crippen molar-refractivity contribution in [1.29, 1.82) is 0 Å². The van der Waals surface area contributed by atoms with Crippen LogP contribution >= 0.6 is 0 Å². The van der Waals surface area contributed by atoms with Crippen LogP contribution in [0.5, 0.6) is 5.75 Å². The zero-order chi connectivity index (χ0) is 16.3. The number of pyridine rings is 1. The summed E-state index contributed by atoms with van der Waals surface area (Å²) in [6.45, 7) is 3.46. The third-order valence-electron chi connectivity index (χ3n) is 3.36. The highest BCUT2D eigenvalue weighted by Crippen LogP contribution is 2.24. The van der Waals surface area contributed by atoms with Gasteiger partial charge in [-0.2, -0.15) is 0 Å². The molecular weight excluding hydrogens is 290 g/mol. The third kappa shape index (κ3) is 3.78. The van der Waals surface area contributed by atoms with Crippen LogP contribution in [0.25, 0.3) is 0 Å². The van der Waals surface area contributed by atoms with Gasteiger partial charge in [0.2, 0.25) is 0 Å². The number of benzene rings is 1. The quantitative estimate of drug-likeness (QED) is 0.793. The standard InChI is InChI=1S/C16H18F2N2O2/c1-10-3-6-15(21)14(20-10)8-19-9-16(2,22)12-5-4-11(17)7-13(12)18/h3-7,19,21-22H,8-9H2,1-2H3. The maximum atomic E-state index is 13.7. The Kier molecular flexibility index (Phi) is 4.73. The zero-order valence-electron chi connectivity index (χ0n) is 12.4. The fraction of sp³-hybridized carbons (Fsp3) is 0.312. The summed E-state index contributed by atoms with van der Waals surface area (Å²) >= 11 is 0. The molecule has 0 saturated heterocycles. The number of rotatable bonds is 5. The molecule has 3 N–H and O–H groups in total. The van der Waals surface area contributed by atoms with Crippen molar-refractivity contribution in [3.63, 3.8) is 0 Å². The topological polar surface area (TPSA) is 65.4 Å². The Hall–Kier alpha value is -2.05. The molecule has 1 atom stereocenters. The molecule has 0 amide bonds. The lowest BCUT2D eigenvalue weighted by Crippen LogP contribution is -2.36. The van der Waals surface area contributed by atoms with E-state index >= 15 is 0 Å². The van der Waals surface area contributed by atoms with Crippen LogP contribution in [-0.2, 0) is 12.1 Å². The number of nitrogens with zero attached hydrogens (tertiary/aromatic N) is 1. The molecule has 0 aliphatic rings. The van der Waals surface area contributed by atoms with Gasteiger partial charge < -0.3 is 15.5 Å². The van der Waals surface area contributed by atoms with Crippen LogP contribution < -0.4 is 5.32 Å². The average Bonchev–Trinajstić information content (AvgIpc) is 2.42. The highest BCUT2D eigenvalue weighted by Gasteiger charge is 2.26. The number of halogens is 2. The van der Waals surface area contributed by atoms with Crippen LogP contribution in [0.4, 0.5) is 8.78 Å². The smallest absolute Gasteiger partial charge is 0.138 e. The monoisotopic (exact) mass is 308 g/mol. The number of nitrogens with one attached hydrogen (secondary N) is 1. The summed E-state index contributed by atoms with van der Waals surface area (Å²) in [6, 6.07) is 6.27. The van der Waals surface area contributed by atoms with Gasteiger partial charge in [0.1, 0.15) is 23.0 Å². The molecule has 22 heavy (non-hydrogen) atoms. The second-order valence-corrected chi connectivity index (χ2v) is 5.42. The lowest BCUT2D eigenvalue weighted by molar-refractivity contribution is 0.0527. The van der Waals surface area contributed by atoms with Crippen molar-refractivity contribution in [3.05, 3.63) is 58.9 Å². The van der Waals surface area contributed by atoms with Crippen LogP contribution in [0.3, 0.4) is 0 Å². The van der Waals surface area contributed by atoms with Crippen molar-refractivity contribution in [2.45, 2.75) is 26.0 Å². The van der Waals surface area contributed by atoms with Crippen LogP contribution in [0.15, 0.2) is 30.3 Å². The van der Waals surface area contributed by atoms with Gasteiger partial charge in [-0.1, -0.05) is 6.07 Å². The number of aryl methyl sites for hydroxylation is 1. The minimum atomic E-state index is -1.52. The van der Waals surface area contributed by atoms with Gasteiger partial charge in [0, 0.05) is 30.4 Å². The van der Waals surface area contributed by atoms with Crippen molar-refractivity contribution in [2.75, 3.05) is 6.54 Å². The zero-order valence-corrected chi connectivity index (χ0v) is 12.4. The predicted molar refractivity (Wildman–Crippen MR) is 78.3 cm³/mol. The van der Waals surface area contributed by atoms with E-state index in [9.17, 15) is 19.0 Å². The number of aliphatic hydroxyl groups is 1. The van der Waals surface area contributed by atoms with E-state index in [0.29, 0.717) is 5.69 Å². The minimum Gasteiger partial charge on any atom is -0.506 e. The van der Waals surface area contributed by atoms with E-state index in [-0.39, 0.29) is 24.4 Å². The van der Waals surface area contributed by atoms with E-state index < -0.39 is 17.2 Å². The van der Waals surface area contributed by atoms with Gasteiger partial charge in [-0.25, -0.2) is 8.78 Å². The molecule has 0 spiro atoms. The molecule has 2 aromatic rings.